The molecule has 1 fully saturated rings. The summed E-state index contributed by atoms with van der Waals surface area (Å²) in [6.07, 6.45) is 0.0254. The number of hydrogen-bond donors (Lipinski definition) is 0. The summed E-state index contributed by atoms with van der Waals surface area (Å²) in [6.45, 7) is 3.57. The van der Waals surface area contributed by atoms with Crippen LogP contribution in [-0.4, -0.2) is 37.9 Å². The van der Waals surface area contributed by atoms with Gasteiger partial charge in [0.25, 0.3) is 0 Å². The van der Waals surface area contributed by atoms with Crippen molar-refractivity contribution in [2.24, 2.45) is 5.92 Å². The Morgan fingerprint density at radius 2 is 1.97 bits per heavy atom. The van der Waals surface area contributed by atoms with Crippen LogP contribution in [-0.2, 0) is 14.3 Å². The van der Waals surface area contributed by atoms with Gasteiger partial charge in [0.2, 0.25) is 5.91 Å². The van der Waals surface area contributed by atoms with Crippen molar-refractivity contribution in [3.8, 4) is 5.75 Å². The van der Waals surface area contributed by atoms with E-state index in [9.17, 15) is 18.8 Å². The minimum absolute atomic E-state index is 0.0227. The van der Waals surface area contributed by atoms with Crippen LogP contribution in [0.5, 0.6) is 5.75 Å². The molecular formula is C22H22FNO5. The number of nitrogens with zero attached hydrogens (tertiary/aromatic N) is 1. The van der Waals surface area contributed by atoms with Crippen molar-refractivity contribution < 1.29 is 28.2 Å². The fourth-order valence-electron chi connectivity index (χ4n) is 3.30. The van der Waals surface area contributed by atoms with E-state index in [0.29, 0.717) is 0 Å². The molecule has 0 aliphatic carbocycles. The summed E-state index contributed by atoms with van der Waals surface area (Å²) in [5.41, 5.74) is 2.89. The summed E-state index contributed by atoms with van der Waals surface area (Å²) in [4.78, 5) is 38.5. The largest absolute Gasteiger partial charge is 0.494 e. The quantitative estimate of drug-likeness (QED) is 0.551. The van der Waals surface area contributed by atoms with Crippen molar-refractivity contribution in [3.63, 3.8) is 0 Å². The molecule has 0 aromatic heterocycles. The van der Waals surface area contributed by atoms with Gasteiger partial charge in [0.05, 0.1) is 13.0 Å². The second-order valence-electron chi connectivity index (χ2n) is 7.00. The minimum atomic E-state index is -0.671. The van der Waals surface area contributed by atoms with E-state index in [1.807, 2.05) is 32.0 Å². The lowest BCUT2D eigenvalue weighted by Crippen LogP contribution is -2.27. The van der Waals surface area contributed by atoms with Crippen LogP contribution in [0.1, 0.15) is 27.9 Å². The minimum Gasteiger partial charge on any atom is -0.494 e. The highest BCUT2D eigenvalue weighted by atomic mass is 19.1. The zero-order chi connectivity index (χ0) is 21.1. The van der Waals surface area contributed by atoms with E-state index >= 15 is 0 Å². The Morgan fingerprint density at radius 3 is 2.66 bits per heavy atom. The van der Waals surface area contributed by atoms with Gasteiger partial charge < -0.3 is 14.4 Å². The molecule has 2 aromatic rings. The molecule has 0 N–H and O–H groups in total. The summed E-state index contributed by atoms with van der Waals surface area (Å²) in [5, 5.41) is 0. The number of Topliss-reactive ketones (excluding diaryl/α,β-unsaturated/α-hetero) is 1. The lowest BCUT2D eigenvalue weighted by atomic mass is 10.1. The number of ether oxygens (including phenoxy) is 2. The molecule has 0 unspecified atom stereocenters. The zero-order valence-corrected chi connectivity index (χ0v) is 16.5. The molecule has 1 amide bonds. The van der Waals surface area contributed by atoms with Crippen molar-refractivity contribution in [1.29, 1.82) is 0 Å². The van der Waals surface area contributed by atoms with E-state index in [1.165, 1.54) is 19.2 Å². The molecule has 6 nitrogen and oxygen atoms in total. The maximum absolute atomic E-state index is 13.7. The summed E-state index contributed by atoms with van der Waals surface area (Å²) in [7, 11) is 1.33. The summed E-state index contributed by atoms with van der Waals surface area (Å²) in [5.74, 6) is -2.61. The topological polar surface area (TPSA) is 72.9 Å². The molecule has 0 saturated carbocycles. The van der Waals surface area contributed by atoms with Crippen molar-refractivity contribution in [2.75, 3.05) is 25.2 Å². The van der Waals surface area contributed by atoms with Crippen molar-refractivity contribution in [2.45, 2.75) is 20.3 Å². The van der Waals surface area contributed by atoms with E-state index in [1.54, 1.807) is 4.90 Å². The van der Waals surface area contributed by atoms with Gasteiger partial charge >= 0.3 is 5.97 Å². The number of rotatable bonds is 6. The number of hydrogen-bond acceptors (Lipinski definition) is 5. The van der Waals surface area contributed by atoms with Crippen molar-refractivity contribution >= 4 is 23.3 Å². The predicted molar refractivity (Wildman–Crippen MR) is 105 cm³/mol. The first-order valence-electron chi connectivity index (χ1n) is 9.21. The molecule has 29 heavy (non-hydrogen) atoms. The molecule has 1 atom stereocenters. The number of anilines is 1. The van der Waals surface area contributed by atoms with E-state index in [2.05, 4.69) is 0 Å². The third kappa shape index (κ3) is 4.29. The molecule has 7 heteroatoms. The first-order chi connectivity index (χ1) is 13.8. The van der Waals surface area contributed by atoms with Crippen LogP contribution in [0.4, 0.5) is 10.1 Å². The summed E-state index contributed by atoms with van der Waals surface area (Å²) >= 11 is 0. The van der Waals surface area contributed by atoms with E-state index in [0.717, 1.165) is 22.9 Å². The fraction of sp³-hybridized carbons (Fsp3) is 0.318. The molecule has 152 valence electrons. The van der Waals surface area contributed by atoms with Gasteiger partial charge in [0.1, 0.15) is 0 Å². The van der Waals surface area contributed by atoms with Gasteiger partial charge in [-0.25, -0.2) is 4.39 Å². The third-order valence-corrected chi connectivity index (χ3v) is 5.14. The van der Waals surface area contributed by atoms with Crippen LogP contribution in [0, 0.1) is 25.6 Å². The number of ketones is 1. The smallest absolute Gasteiger partial charge is 0.311 e. The third-order valence-electron chi connectivity index (χ3n) is 5.14. The van der Waals surface area contributed by atoms with Gasteiger partial charge in [-0.05, 0) is 49.2 Å². The average molecular weight is 399 g/mol. The number of carbonyl (C=O) groups is 3. The van der Waals surface area contributed by atoms with Crippen molar-refractivity contribution in [1.82, 2.24) is 0 Å². The normalized spacial score (nSPS) is 16.1. The maximum atomic E-state index is 13.7. The predicted octanol–water partition coefficient (Wildman–Crippen LogP) is 3.23. The Morgan fingerprint density at radius 1 is 1.21 bits per heavy atom. The lowest BCUT2D eigenvalue weighted by Gasteiger charge is -2.20. The Kier molecular flexibility index (Phi) is 5.96. The highest BCUT2D eigenvalue weighted by Crippen LogP contribution is 2.30. The highest BCUT2D eigenvalue weighted by molar-refractivity contribution is 6.01. The van der Waals surface area contributed by atoms with E-state index < -0.39 is 30.1 Å². The lowest BCUT2D eigenvalue weighted by molar-refractivity contribution is -0.147. The second-order valence-corrected chi connectivity index (χ2v) is 7.00. The standard InChI is InChI=1S/C22H22FNO5/c1-13-5-4-6-18(14(13)2)24-11-16(10-21(24)26)22(27)29-12-19(25)15-7-8-20(28-3)17(23)9-15/h4-9,16H,10-12H2,1-3H3/t16-/m0/s1. The van der Waals surface area contributed by atoms with E-state index in [4.69, 9.17) is 9.47 Å². The van der Waals surface area contributed by atoms with E-state index in [-0.39, 0.29) is 30.2 Å². The fourth-order valence-corrected chi connectivity index (χ4v) is 3.30. The molecule has 1 aliphatic rings. The van der Waals surface area contributed by atoms with Crippen LogP contribution in [0.3, 0.4) is 0 Å². The zero-order valence-electron chi connectivity index (χ0n) is 16.5. The molecule has 2 aromatic carbocycles. The Bertz CT molecular complexity index is 972. The number of esters is 1. The van der Waals surface area contributed by atoms with Crippen LogP contribution in [0.15, 0.2) is 36.4 Å². The van der Waals surface area contributed by atoms with Crippen molar-refractivity contribution in [3.05, 3.63) is 58.9 Å². The number of carbonyl (C=O) groups excluding carboxylic acids is 3. The monoisotopic (exact) mass is 399 g/mol. The Hall–Kier alpha value is -3.22. The van der Waals surface area contributed by atoms with Crippen LogP contribution < -0.4 is 9.64 Å². The summed E-state index contributed by atoms with van der Waals surface area (Å²) < 4.78 is 23.6. The highest BCUT2D eigenvalue weighted by Gasteiger charge is 2.37. The number of aryl methyl sites for hydroxylation is 1. The SMILES string of the molecule is COc1ccc(C(=O)COC(=O)[C@H]2CC(=O)N(c3cccc(C)c3C)C2)cc1F. The van der Waals surface area contributed by atoms with Gasteiger partial charge in [-0.15, -0.1) is 0 Å². The molecule has 0 spiro atoms. The second kappa shape index (κ2) is 8.43. The molecule has 3 rings (SSSR count). The molecular weight excluding hydrogens is 377 g/mol. The Balaban J connectivity index is 1.61. The number of benzene rings is 2. The number of halogens is 1. The molecule has 1 aliphatic heterocycles. The number of methoxy groups -OCH3 is 1. The van der Waals surface area contributed by atoms with Crippen LogP contribution in [0.25, 0.3) is 0 Å². The molecule has 1 heterocycles. The van der Waals surface area contributed by atoms with Crippen LogP contribution >= 0.6 is 0 Å². The van der Waals surface area contributed by atoms with Crippen LogP contribution in [0.2, 0.25) is 0 Å². The average Bonchev–Trinajstić information content (AvgIpc) is 3.09. The van der Waals surface area contributed by atoms with Gasteiger partial charge in [-0.2, -0.15) is 0 Å². The van der Waals surface area contributed by atoms with Gasteiger partial charge in [-0.3, -0.25) is 14.4 Å². The summed E-state index contributed by atoms with van der Waals surface area (Å²) in [6, 6.07) is 9.44. The van der Waals surface area contributed by atoms with Gasteiger partial charge in [0, 0.05) is 24.2 Å². The first-order valence-corrected chi connectivity index (χ1v) is 9.21. The number of amides is 1. The van der Waals surface area contributed by atoms with Gasteiger partial charge in [-0.1, -0.05) is 12.1 Å². The maximum Gasteiger partial charge on any atom is 0.311 e. The Labute approximate surface area is 168 Å². The van der Waals surface area contributed by atoms with Gasteiger partial charge in [0.15, 0.2) is 24.0 Å². The first kappa shape index (κ1) is 20.5. The molecule has 0 radical (unpaired) electrons. The molecule has 0 bridgehead atoms. The molecule has 1 saturated heterocycles.